The lowest BCUT2D eigenvalue weighted by Gasteiger charge is -2.26. The fraction of sp³-hybridized carbons (Fsp3) is 0.222. The Hall–Kier alpha value is -3.43. The molecule has 0 spiro atoms. The third kappa shape index (κ3) is 4.22. The number of carbonyl (C=O) groups is 1. The fourth-order valence-electron chi connectivity index (χ4n) is 4.43. The third-order valence-corrected chi connectivity index (χ3v) is 7.45. The highest BCUT2D eigenvalue weighted by Gasteiger charge is 2.35. The van der Waals surface area contributed by atoms with E-state index in [2.05, 4.69) is 25.9 Å². The Balaban J connectivity index is 1.78. The average molecular weight is 566 g/mol. The molecule has 184 valence electrons. The van der Waals surface area contributed by atoms with Crippen LogP contribution in [0.15, 0.2) is 74.2 Å². The highest BCUT2D eigenvalue weighted by molar-refractivity contribution is 9.10. The fourth-order valence-corrected chi connectivity index (χ4v) is 5.84. The topological polar surface area (TPSA) is 85.7 Å². The number of halogens is 1. The highest BCUT2D eigenvalue weighted by Crippen LogP contribution is 2.37. The normalized spacial score (nSPS) is 15.8. The van der Waals surface area contributed by atoms with E-state index in [-0.39, 0.29) is 11.7 Å². The smallest absolute Gasteiger partial charge is 0.338 e. The van der Waals surface area contributed by atoms with Crippen molar-refractivity contribution < 1.29 is 14.3 Å². The van der Waals surface area contributed by atoms with Crippen LogP contribution < -0.4 is 19.6 Å². The molecule has 1 N–H and O–H groups in total. The second-order valence-corrected chi connectivity index (χ2v) is 10.6. The molecule has 9 heteroatoms. The molecule has 0 saturated heterocycles. The summed E-state index contributed by atoms with van der Waals surface area (Å²) < 4.78 is 14.1. The van der Waals surface area contributed by atoms with Crippen molar-refractivity contribution >= 4 is 50.2 Å². The lowest BCUT2D eigenvalue weighted by atomic mass is 9.95. The number of para-hydroxylation sites is 1. The van der Waals surface area contributed by atoms with Crippen molar-refractivity contribution in [1.29, 1.82) is 0 Å². The van der Waals surface area contributed by atoms with Crippen molar-refractivity contribution in [2.45, 2.75) is 32.9 Å². The van der Waals surface area contributed by atoms with Gasteiger partial charge in [-0.2, -0.15) is 0 Å². The summed E-state index contributed by atoms with van der Waals surface area (Å²) in [7, 11) is 1.57. The van der Waals surface area contributed by atoms with Crippen LogP contribution in [0.1, 0.15) is 37.9 Å². The van der Waals surface area contributed by atoms with E-state index in [1.807, 2.05) is 54.7 Å². The monoisotopic (exact) mass is 565 g/mol. The Morgan fingerprint density at radius 1 is 1.25 bits per heavy atom. The number of aromatic amines is 1. The van der Waals surface area contributed by atoms with Gasteiger partial charge < -0.3 is 14.5 Å². The van der Waals surface area contributed by atoms with E-state index in [4.69, 9.17) is 9.47 Å². The van der Waals surface area contributed by atoms with Gasteiger partial charge >= 0.3 is 5.97 Å². The summed E-state index contributed by atoms with van der Waals surface area (Å²) in [5.74, 6) is 0.0446. The highest BCUT2D eigenvalue weighted by atomic mass is 79.9. The number of hydrogen-bond donors (Lipinski definition) is 1. The number of carbonyl (C=O) groups excluding carboxylic acids is 1. The van der Waals surface area contributed by atoms with Crippen molar-refractivity contribution in [3.8, 4) is 5.75 Å². The number of nitrogens with zero attached hydrogens (tertiary/aromatic N) is 2. The summed E-state index contributed by atoms with van der Waals surface area (Å²) in [6.45, 7) is 5.35. The molecule has 1 aliphatic rings. The summed E-state index contributed by atoms with van der Waals surface area (Å²) in [5.41, 5.74) is 3.14. The number of fused-ring (bicyclic) bond motifs is 2. The Morgan fingerprint density at radius 2 is 2.03 bits per heavy atom. The van der Waals surface area contributed by atoms with Gasteiger partial charge in [0.1, 0.15) is 11.8 Å². The van der Waals surface area contributed by atoms with Crippen LogP contribution in [0.3, 0.4) is 0 Å². The first kappa shape index (κ1) is 24.3. The Bertz CT molecular complexity index is 1710. The molecule has 5 rings (SSSR count). The number of ether oxygens (including phenoxy) is 2. The zero-order chi connectivity index (χ0) is 25.6. The molecule has 0 amide bonds. The molecule has 0 unspecified atom stereocenters. The van der Waals surface area contributed by atoms with Gasteiger partial charge in [0.15, 0.2) is 4.80 Å². The maximum absolute atomic E-state index is 13.9. The van der Waals surface area contributed by atoms with Gasteiger partial charge in [-0.1, -0.05) is 45.5 Å². The van der Waals surface area contributed by atoms with E-state index < -0.39 is 12.0 Å². The van der Waals surface area contributed by atoms with Crippen molar-refractivity contribution in [2.24, 2.45) is 4.99 Å². The van der Waals surface area contributed by atoms with Crippen LogP contribution in [0.4, 0.5) is 0 Å². The quantitative estimate of drug-likeness (QED) is 0.362. The number of H-pyrrole nitrogens is 1. The minimum absolute atomic E-state index is 0.238. The van der Waals surface area contributed by atoms with E-state index in [1.165, 1.54) is 11.3 Å². The van der Waals surface area contributed by atoms with Crippen LogP contribution in [-0.2, 0) is 9.53 Å². The minimum atomic E-state index is -0.759. The molecule has 0 saturated carbocycles. The predicted molar refractivity (Wildman–Crippen MR) is 144 cm³/mol. The number of thiazole rings is 1. The molecule has 0 radical (unpaired) electrons. The number of methoxy groups -OCH3 is 1. The largest absolute Gasteiger partial charge is 0.496 e. The SMILES string of the molecule is COc1ccc(Br)cc1[C@@H]1C(C(=O)OC(C)C)=C(C)N=c2s/c(=C\c3c[nH]c4ccccc34)c(=O)n21. The predicted octanol–water partition coefficient (Wildman–Crippen LogP) is 4.44. The number of rotatable bonds is 5. The molecule has 7 nitrogen and oxygen atoms in total. The number of allylic oxidation sites excluding steroid dienone is 1. The second-order valence-electron chi connectivity index (χ2n) is 8.71. The number of esters is 1. The standard InChI is InChI=1S/C27H24BrN3O4S/c1-14(2)35-26(33)23-15(3)30-27-31(24(23)19-12-17(28)9-10-21(19)34-4)25(32)22(36-27)11-16-13-29-20-8-6-5-7-18(16)20/h5-14,24,29H,1-4H3/b22-11-/t24-/m1/s1. The summed E-state index contributed by atoms with van der Waals surface area (Å²) in [6, 6.07) is 12.7. The van der Waals surface area contributed by atoms with Gasteiger partial charge in [-0.3, -0.25) is 9.36 Å². The lowest BCUT2D eigenvalue weighted by molar-refractivity contribution is -0.143. The van der Waals surface area contributed by atoms with Crippen LogP contribution in [0, 0.1) is 0 Å². The lowest BCUT2D eigenvalue weighted by Crippen LogP contribution is -2.40. The van der Waals surface area contributed by atoms with Gasteiger partial charge in [0, 0.05) is 32.7 Å². The molecule has 36 heavy (non-hydrogen) atoms. The van der Waals surface area contributed by atoms with Gasteiger partial charge in [0.25, 0.3) is 5.56 Å². The van der Waals surface area contributed by atoms with Gasteiger partial charge in [-0.15, -0.1) is 0 Å². The second kappa shape index (κ2) is 9.55. The van der Waals surface area contributed by atoms with Crippen molar-refractivity contribution in [3.05, 3.63) is 95.2 Å². The zero-order valence-electron chi connectivity index (χ0n) is 20.2. The zero-order valence-corrected chi connectivity index (χ0v) is 22.6. The van der Waals surface area contributed by atoms with Gasteiger partial charge in [-0.05, 0) is 51.1 Å². The van der Waals surface area contributed by atoms with Crippen LogP contribution in [0.5, 0.6) is 5.75 Å². The van der Waals surface area contributed by atoms with E-state index >= 15 is 0 Å². The summed E-state index contributed by atoms with van der Waals surface area (Å²) >= 11 is 4.82. The van der Waals surface area contributed by atoms with Crippen LogP contribution in [0.2, 0.25) is 0 Å². The first-order valence-electron chi connectivity index (χ1n) is 11.4. The Labute approximate surface area is 219 Å². The summed E-state index contributed by atoms with van der Waals surface area (Å²) in [4.78, 5) is 35.6. The molecule has 2 aromatic carbocycles. The molecular weight excluding hydrogens is 542 g/mol. The van der Waals surface area contributed by atoms with Gasteiger partial charge in [-0.25, -0.2) is 9.79 Å². The molecule has 2 aromatic heterocycles. The van der Waals surface area contributed by atoms with Crippen LogP contribution in [0.25, 0.3) is 17.0 Å². The molecule has 1 aliphatic heterocycles. The van der Waals surface area contributed by atoms with Crippen molar-refractivity contribution in [2.75, 3.05) is 7.11 Å². The molecule has 0 bridgehead atoms. The van der Waals surface area contributed by atoms with Crippen LogP contribution in [-0.4, -0.2) is 28.7 Å². The van der Waals surface area contributed by atoms with Crippen LogP contribution >= 0.6 is 27.3 Å². The van der Waals surface area contributed by atoms with E-state index in [1.54, 1.807) is 32.4 Å². The minimum Gasteiger partial charge on any atom is -0.496 e. The number of nitrogens with one attached hydrogen (secondary N) is 1. The van der Waals surface area contributed by atoms with Crippen molar-refractivity contribution in [1.82, 2.24) is 9.55 Å². The average Bonchev–Trinajstić information content (AvgIpc) is 3.38. The molecule has 4 aromatic rings. The molecule has 1 atom stereocenters. The number of hydrogen-bond acceptors (Lipinski definition) is 6. The van der Waals surface area contributed by atoms with E-state index in [0.29, 0.717) is 31.9 Å². The van der Waals surface area contributed by atoms with E-state index in [9.17, 15) is 9.59 Å². The summed E-state index contributed by atoms with van der Waals surface area (Å²) in [5, 5.41) is 1.02. The van der Waals surface area contributed by atoms with Gasteiger partial charge in [0.05, 0.1) is 29.0 Å². The summed E-state index contributed by atoms with van der Waals surface area (Å²) in [6.07, 6.45) is 3.42. The molecule has 0 fully saturated rings. The van der Waals surface area contributed by atoms with Crippen molar-refractivity contribution in [3.63, 3.8) is 0 Å². The maximum atomic E-state index is 13.9. The molecule has 3 heterocycles. The Morgan fingerprint density at radius 3 is 2.78 bits per heavy atom. The molecular formula is C27H24BrN3O4S. The van der Waals surface area contributed by atoms with Gasteiger partial charge in [0.2, 0.25) is 0 Å². The maximum Gasteiger partial charge on any atom is 0.338 e. The third-order valence-electron chi connectivity index (χ3n) is 5.98. The first-order valence-corrected chi connectivity index (χ1v) is 13.0. The Kier molecular flexibility index (Phi) is 6.44. The number of benzene rings is 2. The molecule has 0 aliphatic carbocycles. The number of aromatic nitrogens is 2. The van der Waals surface area contributed by atoms with E-state index in [0.717, 1.165) is 20.9 Å². The first-order chi connectivity index (χ1) is 17.3.